The Labute approximate surface area is 289 Å². The largest absolute Gasteiger partial charge is 0.310 e. The second-order valence-electron chi connectivity index (χ2n) is 15.4. The molecule has 0 N–H and O–H groups in total. The van der Waals surface area contributed by atoms with Crippen molar-refractivity contribution in [2.24, 2.45) is 0 Å². The van der Waals surface area contributed by atoms with Crippen LogP contribution in [-0.4, -0.2) is 0 Å². The van der Waals surface area contributed by atoms with Crippen LogP contribution in [0.1, 0.15) is 56.9 Å². The Balaban J connectivity index is 1.29. The molecule has 238 valence electrons. The number of hydrogen-bond donors (Lipinski definition) is 0. The summed E-state index contributed by atoms with van der Waals surface area (Å²) in [7, 11) is 0. The Hall–Kier alpha value is -5.40. The van der Waals surface area contributed by atoms with E-state index in [0.29, 0.717) is 0 Å². The summed E-state index contributed by atoms with van der Waals surface area (Å²) in [5, 5.41) is 8.11. The average molecular weight is 632 g/mol. The van der Waals surface area contributed by atoms with Crippen LogP contribution < -0.4 is 4.90 Å². The van der Waals surface area contributed by atoms with Gasteiger partial charge in [-0.15, -0.1) is 0 Å². The van der Waals surface area contributed by atoms with Crippen LogP contribution in [0.2, 0.25) is 0 Å². The monoisotopic (exact) mass is 631 g/mol. The summed E-state index contributed by atoms with van der Waals surface area (Å²) in [5.41, 5.74) is 14.2. The summed E-state index contributed by atoms with van der Waals surface area (Å²) in [5.74, 6) is 0. The number of para-hydroxylation sites is 2. The van der Waals surface area contributed by atoms with Crippen molar-refractivity contribution in [2.75, 3.05) is 4.90 Å². The summed E-state index contributed by atoms with van der Waals surface area (Å²) >= 11 is 0. The van der Waals surface area contributed by atoms with Crippen molar-refractivity contribution in [2.45, 2.75) is 52.4 Å². The Morgan fingerprint density at radius 1 is 0.551 bits per heavy atom. The molecular weight excluding hydrogens is 591 g/mol. The molecule has 8 aromatic rings. The molecule has 0 heterocycles. The van der Waals surface area contributed by atoms with E-state index in [1.54, 1.807) is 0 Å². The van der Waals surface area contributed by atoms with E-state index in [1.807, 2.05) is 0 Å². The van der Waals surface area contributed by atoms with Gasteiger partial charge >= 0.3 is 0 Å². The number of rotatable bonds is 4. The topological polar surface area (TPSA) is 3.24 Å². The van der Waals surface area contributed by atoms with Gasteiger partial charge in [0.15, 0.2) is 0 Å². The van der Waals surface area contributed by atoms with E-state index in [0.717, 1.165) is 5.69 Å². The molecule has 0 bridgehead atoms. The smallest absolute Gasteiger partial charge is 0.0490 e. The lowest BCUT2D eigenvalue weighted by Crippen LogP contribution is -2.17. The molecule has 1 heteroatoms. The van der Waals surface area contributed by atoms with Gasteiger partial charge in [0.25, 0.3) is 0 Å². The van der Waals surface area contributed by atoms with Crippen LogP contribution in [0.5, 0.6) is 0 Å². The fourth-order valence-corrected chi connectivity index (χ4v) is 8.61. The van der Waals surface area contributed by atoms with Gasteiger partial charge in [-0.3, -0.25) is 0 Å². The van der Waals surface area contributed by atoms with Gasteiger partial charge in [-0.2, -0.15) is 0 Å². The highest BCUT2D eigenvalue weighted by molar-refractivity contribution is 6.31. The number of hydrogen-bond acceptors (Lipinski definition) is 1. The molecule has 0 atom stereocenters. The molecule has 0 spiro atoms. The predicted molar refractivity (Wildman–Crippen MR) is 211 cm³/mol. The Morgan fingerprint density at radius 3 is 2.00 bits per heavy atom. The fourth-order valence-electron chi connectivity index (χ4n) is 8.61. The lowest BCUT2D eigenvalue weighted by atomic mass is 9.77. The van der Waals surface area contributed by atoms with Crippen molar-refractivity contribution >= 4 is 49.4 Å². The lowest BCUT2D eigenvalue weighted by molar-refractivity contribution is 0.590. The number of nitrogens with zero attached hydrogens (tertiary/aromatic N) is 1. The van der Waals surface area contributed by atoms with Crippen LogP contribution in [0, 0.1) is 6.92 Å². The summed E-state index contributed by atoms with van der Waals surface area (Å²) in [6.07, 6.45) is 0. The van der Waals surface area contributed by atoms with E-state index in [2.05, 4.69) is 186 Å². The molecule has 1 nitrogen and oxygen atoms in total. The molecule has 0 fully saturated rings. The number of benzene rings is 8. The molecule has 0 unspecified atom stereocenters. The molecule has 0 radical (unpaired) electrons. The molecule has 0 saturated heterocycles. The molecular formula is C48H41N. The summed E-state index contributed by atoms with van der Waals surface area (Å²) in [6.45, 7) is 13.9. The highest BCUT2D eigenvalue weighted by atomic mass is 15.1. The van der Waals surface area contributed by atoms with Gasteiger partial charge < -0.3 is 4.90 Å². The van der Waals surface area contributed by atoms with Crippen molar-refractivity contribution < 1.29 is 0 Å². The first-order valence-corrected chi connectivity index (χ1v) is 17.5. The van der Waals surface area contributed by atoms with Gasteiger partial charge in [0.2, 0.25) is 0 Å². The molecule has 0 aromatic heterocycles. The third-order valence-corrected chi connectivity index (χ3v) is 11.1. The van der Waals surface area contributed by atoms with Crippen LogP contribution >= 0.6 is 0 Å². The average Bonchev–Trinajstić information content (AvgIpc) is 3.35. The molecule has 49 heavy (non-hydrogen) atoms. The second-order valence-corrected chi connectivity index (χ2v) is 15.4. The van der Waals surface area contributed by atoms with Crippen LogP contribution in [0.25, 0.3) is 54.6 Å². The predicted octanol–water partition coefficient (Wildman–Crippen LogP) is 13.6. The number of fused-ring (bicyclic) bond motifs is 5. The van der Waals surface area contributed by atoms with Crippen molar-refractivity contribution in [3.05, 3.63) is 162 Å². The summed E-state index contributed by atoms with van der Waals surface area (Å²) < 4.78 is 0. The Kier molecular flexibility index (Phi) is 6.40. The van der Waals surface area contributed by atoms with E-state index in [1.165, 1.54) is 88.2 Å². The molecule has 8 aromatic carbocycles. The normalized spacial score (nSPS) is 13.7. The van der Waals surface area contributed by atoms with Gasteiger partial charge in [0, 0.05) is 22.5 Å². The Bertz CT molecular complexity index is 2550. The van der Waals surface area contributed by atoms with Gasteiger partial charge in [-0.05, 0) is 126 Å². The minimum absolute atomic E-state index is 0.122. The number of aryl methyl sites for hydroxylation is 1. The molecule has 0 saturated carbocycles. The third-order valence-electron chi connectivity index (χ3n) is 11.1. The van der Waals surface area contributed by atoms with E-state index >= 15 is 0 Å². The maximum absolute atomic E-state index is 2.46. The SMILES string of the molecule is Cc1ccccc1N(c1ccccc1)c1ccc2c(c1)C(C)(C)c1c-2c2cccc3cc(-c4ccc(C(C)(C)C)cc4)c4cccc1c4c32. The lowest BCUT2D eigenvalue weighted by Gasteiger charge is -2.29. The first kappa shape index (κ1) is 29.7. The molecule has 9 rings (SSSR count). The van der Waals surface area contributed by atoms with Crippen molar-refractivity contribution in [1.82, 2.24) is 0 Å². The zero-order chi connectivity index (χ0) is 33.7. The standard InChI is InChI=1S/C48H41N/c1-30-14-10-11-21-42(30)49(34-16-8-7-9-17-34)35-26-27-37-41(29-35)48(5,6)46-39-20-13-18-36-40(31-22-24-33(25-23-31)47(2,3)4)28-32-15-12-19-38(45(37)46)43(32)44(36)39/h7-29H,1-6H3. The quantitative estimate of drug-likeness (QED) is 0.175. The van der Waals surface area contributed by atoms with Crippen molar-refractivity contribution in [1.29, 1.82) is 0 Å². The third kappa shape index (κ3) is 4.38. The second kappa shape index (κ2) is 10.5. The van der Waals surface area contributed by atoms with Crippen molar-refractivity contribution in [3.8, 4) is 22.3 Å². The van der Waals surface area contributed by atoms with Crippen LogP contribution in [0.4, 0.5) is 17.1 Å². The minimum Gasteiger partial charge on any atom is -0.310 e. The number of anilines is 3. The van der Waals surface area contributed by atoms with E-state index in [9.17, 15) is 0 Å². The maximum atomic E-state index is 2.46. The summed E-state index contributed by atoms with van der Waals surface area (Å²) in [4.78, 5) is 2.41. The summed E-state index contributed by atoms with van der Waals surface area (Å²) in [6, 6.07) is 52.2. The van der Waals surface area contributed by atoms with Crippen molar-refractivity contribution in [3.63, 3.8) is 0 Å². The van der Waals surface area contributed by atoms with Gasteiger partial charge in [0.05, 0.1) is 0 Å². The van der Waals surface area contributed by atoms with Crippen LogP contribution in [0.15, 0.2) is 140 Å². The zero-order valence-electron chi connectivity index (χ0n) is 29.2. The molecule has 0 amide bonds. The van der Waals surface area contributed by atoms with Gasteiger partial charge in [-0.25, -0.2) is 0 Å². The first-order chi connectivity index (χ1) is 23.6. The molecule has 1 aliphatic carbocycles. The van der Waals surface area contributed by atoms with E-state index < -0.39 is 0 Å². The highest BCUT2D eigenvalue weighted by Crippen LogP contribution is 2.57. The highest BCUT2D eigenvalue weighted by Gasteiger charge is 2.39. The van der Waals surface area contributed by atoms with E-state index in [-0.39, 0.29) is 10.8 Å². The van der Waals surface area contributed by atoms with Crippen LogP contribution in [-0.2, 0) is 10.8 Å². The minimum atomic E-state index is -0.201. The molecule has 1 aliphatic rings. The van der Waals surface area contributed by atoms with Gasteiger partial charge in [-0.1, -0.05) is 138 Å². The first-order valence-electron chi connectivity index (χ1n) is 17.5. The fraction of sp³-hybridized carbons (Fsp3) is 0.167. The van der Waals surface area contributed by atoms with Crippen LogP contribution in [0.3, 0.4) is 0 Å². The Morgan fingerprint density at radius 2 is 1.24 bits per heavy atom. The van der Waals surface area contributed by atoms with E-state index in [4.69, 9.17) is 0 Å². The zero-order valence-corrected chi connectivity index (χ0v) is 29.2. The maximum Gasteiger partial charge on any atom is 0.0490 e. The molecule has 0 aliphatic heterocycles. The van der Waals surface area contributed by atoms with Gasteiger partial charge in [0.1, 0.15) is 0 Å².